The molecule has 4 rings (SSSR count). The number of hydrogen-bond acceptors (Lipinski definition) is 7. The number of benzene rings is 1. The lowest BCUT2D eigenvalue weighted by molar-refractivity contribution is -0.111. The Morgan fingerprint density at radius 3 is 2.72 bits per heavy atom. The van der Waals surface area contributed by atoms with E-state index in [1.807, 2.05) is 7.05 Å². The van der Waals surface area contributed by atoms with Crippen molar-refractivity contribution in [2.45, 2.75) is 31.5 Å². The highest BCUT2D eigenvalue weighted by molar-refractivity contribution is 5.76. The van der Waals surface area contributed by atoms with E-state index in [-0.39, 0.29) is 6.10 Å². The van der Waals surface area contributed by atoms with E-state index >= 15 is 0 Å². The van der Waals surface area contributed by atoms with Gasteiger partial charge in [0, 0.05) is 45.3 Å². The van der Waals surface area contributed by atoms with E-state index in [9.17, 15) is 0 Å². The third-order valence-corrected chi connectivity index (χ3v) is 6.73. The molecule has 1 spiro atoms. The van der Waals surface area contributed by atoms with E-state index < -0.39 is 0 Å². The van der Waals surface area contributed by atoms with Gasteiger partial charge in [-0.1, -0.05) is 30.3 Å². The van der Waals surface area contributed by atoms with E-state index in [2.05, 4.69) is 62.2 Å². The molecule has 1 aromatic rings. The Kier molecular flexibility index (Phi) is 8.08. The number of rotatable bonds is 13. The molecule has 0 amide bonds. The maximum atomic E-state index is 5.81. The molecule has 1 aromatic carbocycles. The van der Waals surface area contributed by atoms with Gasteiger partial charge in [-0.05, 0) is 37.6 Å². The molecule has 7 nitrogen and oxygen atoms in total. The van der Waals surface area contributed by atoms with Crippen LogP contribution in [0.1, 0.15) is 18.4 Å². The highest BCUT2D eigenvalue weighted by Crippen LogP contribution is 2.50. The minimum absolute atomic E-state index is 0.108. The number of likely N-dealkylation sites (tertiary alicyclic amines) is 1. The Morgan fingerprint density at radius 2 is 2.06 bits per heavy atom. The van der Waals surface area contributed by atoms with Gasteiger partial charge in [-0.15, -0.1) is 0 Å². The molecule has 174 valence electrons. The Morgan fingerprint density at radius 1 is 1.28 bits per heavy atom. The summed E-state index contributed by atoms with van der Waals surface area (Å²) in [7, 11) is 2.02. The van der Waals surface area contributed by atoms with Gasteiger partial charge in [0.05, 0.1) is 32.2 Å². The fourth-order valence-electron chi connectivity index (χ4n) is 5.04. The first-order chi connectivity index (χ1) is 15.7. The zero-order valence-corrected chi connectivity index (χ0v) is 19.3. The summed E-state index contributed by atoms with van der Waals surface area (Å²) in [6, 6.07) is 11.5. The van der Waals surface area contributed by atoms with Gasteiger partial charge < -0.3 is 14.8 Å². The lowest BCUT2D eigenvalue weighted by atomic mass is 9.60. The summed E-state index contributed by atoms with van der Waals surface area (Å²) < 4.78 is 11.0. The number of hydrogen-bond donors (Lipinski definition) is 1. The van der Waals surface area contributed by atoms with Crippen LogP contribution in [-0.4, -0.2) is 94.4 Å². The van der Waals surface area contributed by atoms with Crippen LogP contribution in [0.3, 0.4) is 0 Å². The first-order valence-electron chi connectivity index (χ1n) is 11.7. The van der Waals surface area contributed by atoms with Crippen LogP contribution < -0.4 is 5.32 Å². The molecule has 3 aliphatic rings. The van der Waals surface area contributed by atoms with Crippen molar-refractivity contribution >= 4 is 12.9 Å². The van der Waals surface area contributed by atoms with Crippen molar-refractivity contribution in [3.63, 3.8) is 0 Å². The van der Waals surface area contributed by atoms with Crippen molar-refractivity contribution in [3.8, 4) is 0 Å². The number of aliphatic imine (C=N–C) groups is 2. The lowest BCUT2D eigenvalue weighted by Crippen LogP contribution is -2.66. The molecular weight excluding hydrogens is 402 g/mol. The second kappa shape index (κ2) is 11.2. The fraction of sp³-hybridized carbons (Fsp3) is 0.600. The van der Waals surface area contributed by atoms with Crippen LogP contribution in [0, 0.1) is 5.41 Å². The zero-order chi connectivity index (χ0) is 22.2. The van der Waals surface area contributed by atoms with Gasteiger partial charge in [-0.2, -0.15) is 0 Å². The summed E-state index contributed by atoms with van der Waals surface area (Å²) in [4.78, 5) is 13.6. The predicted molar refractivity (Wildman–Crippen MR) is 129 cm³/mol. The predicted octanol–water partition coefficient (Wildman–Crippen LogP) is 2.20. The monoisotopic (exact) mass is 439 g/mol. The van der Waals surface area contributed by atoms with Gasteiger partial charge >= 0.3 is 0 Å². The lowest BCUT2D eigenvalue weighted by Gasteiger charge is -2.61. The van der Waals surface area contributed by atoms with Crippen molar-refractivity contribution in [3.05, 3.63) is 47.9 Å². The van der Waals surface area contributed by atoms with Crippen LogP contribution in [0.4, 0.5) is 0 Å². The van der Waals surface area contributed by atoms with Crippen LogP contribution in [0.25, 0.3) is 0 Å². The van der Waals surface area contributed by atoms with Gasteiger partial charge in [-0.25, -0.2) is 0 Å². The molecular formula is C25H37N5O2. The highest BCUT2D eigenvalue weighted by Gasteiger charge is 2.53. The van der Waals surface area contributed by atoms with Crippen LogP contribution in [0.15, 0.2) is 52.3 Å². The Bertz CT molecular complexity index is 779. The first kappa shape index (κ1) is 23.1. The molecule has 32 heavy (non-hydrogen) atoms. The molecule has 0 bridgehead atoms. The number of allylic oxidation sites excluding steroid dienone is 1. The minimum Gasteiger partial charge on any atom is -0.482 e. The van der Waals surface area contributed by atoms with Gasteiger partial charge in [0.15, 0.2) is 5.76 Å². The molecule has 0 unspecified atom stereocenters. The molecule has 2 aliphatic heterocycles. The Balaban J connectivity index is 1.20. The largest absolute Gasteiger partial charge is 0.482 e. The maximum Gasteiger partial charge on any atom is 0.155 e. The van der Waals surface area contributed by atoms with Gasteiger partial charge in [0.2, 0.25) is 0 Å². The third kappa shape index (κ3) is 6.04. The van der Waals surface area contributed by atoms with Gasteiger partial charge in [0.1, 0.15) is 6.10 Å². The molecule has 0 atom stereocenters. The summed E-state index contributed by atoms with van der Waals surface area (Å²) >= 11 is 0. The van der Waals surface area contributed by atoms with Crippen molar-refractivity contribution in [2.75, 3.05) is 59.5 Å². The Labute approximate surface area is 192 Å². The quantitative estimate of drug-likeness (QED) is 0.377. The molecule has 0 aromatic heterocycles. The van der Waals surface area contributed by atoms with E-state index in [0.717, 1.165) is 32.7 Å². The number of ether oxygens (including phenoxy) is 2. The standard InChI is InChI=1S/C25H37N5O2/c1-26-8-10-30(11-9-28-15-23(14-27-2)32-24-17-31-18-24)22-12-25(13-22)19-29(20-25)16-21-6-4-3-5-7-21/h3-7,14-15,22,24,26H,2,8-13,16-20H2,1H3/b23-14+,28-15?. The van der Waals surface area contributed by atoms with Crippen LogP contribution in [-0.2, 0) is 16.0 Å². The molecule has 7 heteroatoms. The second-order valence-corrected chi connectivity index (χ2v) is 9.36. The Hall–Kier alpha value is -2.06. The number of likely N-dealkylation sites (N-methyl/N-ethyl adjacent to an activating group) is 1. The summed E-state index contributed by atoms with van der Waals surface area (Å²) in [6.45, 7) is 12.1. The van der Waals surface area contributed by atoms with E-state index in [0.29, 0.717) is 30.4 Å². The van der Waals surface area contributed by atoms with E-state index in [1.165, 1.54) is 31.5 Å². The third-order valence-electron chi connectivity index (χ3n) is 6.73. The minimum atomic E-state index is 0.108. The number of nitrogens with one attached hydrogen (secondary N) is 1. The first-order valence-corrected chi connectivity index (χ1v) is 11.7. The topological polar surface area (TPSA) is 61.7 Å². The van der Waals surface area contributed by atoms with Crippen LogP contribution in [0.5, 0.6) is 0 Å². The van der Waals surface area contributed by atoms with Crippen molar-refractivity contribution in [2.24, 2.45) is 15.4 Å². The summed E-state index contributed by atoms with van der Waals surface area (Å²) in [5, 5.41) is 3.30. The van der Waals surface area contributed by atoms with Crippen molar-refractivity contribution in [1.29, 1.82) is 0 Å². The van der Waals surface area contributed by atoms with Crippen LogP contribution in [0.2, 0.25) is 0 Å². The molecule has 2 heterocycles. The average molecular weight is 440 g/mol. The van der Waals surface area contributed by atoms with Crippen molar-refractivity contribution in [1.82, 2.24) is 15.1 Å². The van der Waals surface area contributed by atoms with Gasteiger partial charge in [-0.3, -0.25) is 19.8 Å². The van der Waals surface area contributed by atoms with Crippen LogP contribution >= 0.6 is 0 Å². The molecule has 3 fully saturated rings. The molecule has 2 saturated heterocycles. The van der Waals surface area contributed by atoms with Crippen molar-refractivity contribution < 1.29 is 9.47 Å². The molecule has 1 aliphatic carbocycles. The molecule has 0 radical (unpaired) electrons. The molecule has 1 N–H and O–H groups in total. The fourth-order valence-corrected chi connectivity index (χ4v) is 5.04. The smallest absolute Gasteiger partial charge is 0.155 e. The summed E-state index contributed by atoms with van der Waals surface area (Å²) in [5.41, 5.74) is 1.96. The van der Waals surface area contributed by atoms with E-state index in [1.54, 1.807) is 12.4 Å². The van der Waals surface area contributed by atoms with E-state index in [4.69, 9.17) is 9.47 Å². The number of nitrogens with zero attached hydrogens (tertiary/aromatic N) is 4. The zero-order valence-electron chi connectivity index (χ0n) is 19.3. The normalized spacial score (nSPS) is 21.5. The highest BCUT2D eigenvalue weighted by atomic mass is 16.6. The molecule has 1 saturated carbocycles. The summed E-state index contributed by atoms with van der Waals surface area (Å²) in [5.74, 6) is 0.658. The maximum absolute atomic E-state index is 5.81. The average Bonchev–Trinajstić information content (AvgIpc) is 2.72. The summed E-state index contributed by atoms with van der Waals surface area (Å²) in [6.07, 6.45) is 6.12. The second-order valence-electron chi connectivity index (χ2n) is 9.36. The van der Waals surface area contributed by atoms with Gasteiger partial charge in [0.25, 0.3) is 0 Å². The SMILES string of the molecule is C=N/C=C(\C=NCCN(CCNC)C1CC2(C1)CN(Cc1ccccc1)C2)OC1COC1.